The molecule has 1 atom stereocenters. The molecule has 0 spiro atoms. The monoisotopic (exact) mass is 514 g/mol. The van der Waals surface area contributed by atoms with Gasteiger partial charge in [-0.05, 0) is 91.9 Å². The van der Waals surface area contributed by atoms with Crippen LogP contribution in [0.5, 0.6) is 23.0 Å². The number of hydrogen-bond acceptors (Lipinski definition) is 5. The molecule has 0 aliphatic rings. The van der Waals surface area contributed by atoms with Crippen LogP contribution in [-0.2, 0) is 16.0 Å². The Labute approximate surface area is 217 Å². The molecule has 0 radical (unpaired) electrons. The van der Waals surface area contributed by atoms with E-state index in [1.54, 1.807) is 43.3 Å². The number of halogens is 2. The van der Waals surface area contributed by atoms with Gasteiger partial charge in [0.2, 0.25) is 0 Å². The summed E-state index contributed by atoms with van der Waals surface area (Å²) in [7, 11) is 0. The van der Waals surface area contributed by atoms with Crippen LogP contribution in [0.2, 0.25) is 0 Å². The van der Waals surface area contributed by atoms with Crippen molar-refractivity contribution in [3.8, 4) is 23.0 Å². The van der Waals surface area contributed by atoms with Gasteiger partial charge in [0.15, 0.2) is 5.38 Å². The van der Waals surface area contributed by atoms with E-state index in [1.165, 1.54) is 12.1 Å². The molecule has 0 amide bonds. The Morgan fingerprint density at radius 1 is 0.861 bits per heavy atom. The minimum Gasteiger partial charge on any atom is -0.494 e. The van der Waals surface area contributed by atoms with Crippen molar-refractivity contribution in [1.82, 2.24) is 0 Å². The van der Waals surface area contributed by atoms with Gasteiger partial charge in [0.25, 0.3) is 0 Å². The Hall–Kier alpha value is -3.25. The van der Waals surface area contributed by atoms with Crippen LogP contribution in [0.3, 0.4) is 0 Å². The van der Waals surface area contributed by atoms with E-state index in [4.69, 9.17) is 30.5 Å². The number of unbranched alkanes of at least 4 members (excludes halogenated alkanes) is 1. The van der Waals surface area contributed by atoms with E-state index in [9.17, 15) is 9.18 Å². The van der Waals surface area contributed by atoms with Gasteiger partial charge >= 0.3 is 5.97 Å². The Kier molecular flexibility index (Phi) is 10.9. The van der Waals surface area contributed by atoms with Gasteiger partial charge in [0.1, 0.15) is 28.8 Å². The summed E-state index contributed by atoms with van der Waals surface area (Å²) >= 11 is 6.13. The van der Waals surface area contributed by atoms with Crippen LogP contribution in [-0.4, -0.2) is 25.8 Å². The normalized spacial score (nSPS) is 11.6. The van der Waals surface area contributed by atoms with Gasteiger partial charge in [0.05, 0.1) is 19.8 Å². The maximum atomic E-state index is 13.1. The average molecular weight is 515 g/mol. The van der Waals surface area contributed by atoms with E-state index < -0.39 is 11.3 Å². The summed E-state index contributed by atoms with van der Waals surface area (Å²) in [6, 6.07) is 18.8. The minimum atomic E-state index is -0.822. The number of benzene rings is 3. The molecule has 0 N–H and O–H groups in total. The van der Waals surface area contributed by atoms with Crippen LogP contribution in [0.25, 0.3) is 0 Å². The lowest BCUT2D eigenvalue weighted by atomic mass is 10.1. The highest BCUT2D eigenvalue weighted by molar-refractivity contribution is 6.29. The zero-order chi connectivity index (χ0) is 25.8. The molecule has 0 aliphatic carbocycles. The van der Waals surface area contributed by atoms with Crippen molar-refractivity contribution in [3.63, 3.8) is 0 Å². The second-order valence-electron chi connectivity index (χ2n) is 8.16. The second kappa shape index (κ2) is 14.3. The summed E-state index contributed by atoms with van der Waals surface area (Å²) in [4.78, 5) is 11.7. The van der Waals surface area contributed by atoms with Crippen molar-refractivity contribution in [2.75, 3.05) is 19.8 Å². The summed E-state index contributed by atoms with van der Waals surface area (Å²) in [5.74, 6) is 2.09. The fraction of sp³-hybridized carbons (Fsp3) is 0.345. The van der Waals surface area contributed by atoms with Crippen molar-refractivity contribution in [3.05, 3.63) is 83.7 Å². The van der Waals surface area contributed by atoms with Gasteiger partial charge in [-0.15, -0.1) is 11.6 Å². The molecule has 0 fully saturated rings. The zero-order valence-corrected chi connectivity index (χ0v) is 21.4. The fourth-order valence-corrected chi connectivity index (χ4v) is 3.73. The maximum absolute atomic E-state index is 13.1. The molecule has 3 rings (SSSR count). The molecule has 0 bridgehead atoms. The van der Waals surface area contributed by atoms with Crippen LogP contribution >= 0.6 is 11.6 Å². The molecule has 1 unspecified atom stereocenters. The van der Waals surface area contributed by atoms with E-state index in [0.29, 0.717) is 36.9 Å². The summed E-state index contributed by atoms with van der Waals surface area (Å²) in [5, 5.41) is -0.822. The summed E-state index contributed by atoms with van der Waals surface area (Å²) in [6.07, 6.45) is 3.52. The highest BCUT2D eigenvalue weighted by Gasteiger charge is 2.18. The molecule has 0 aromatic heterocycles. The molecular weight excluding hydrogens is 483 g/mol. The number of carbonyl (C=O) groups excluding carboxylic acids is 1. The molecule has 192 valence electrons. The van der Waals surface area contributed by atoms with Gasteiger partial charge in [-0.1, -0.05) is 25.5 Å². The third kappa shape index (κ3) is 8.45. The first-order valence-corrected chi connectivity index (χ1v) is 12.7. The SMILES string of the molecule is CCCc1cc(Oc2ccc(F)cc2)ccc1OCCCCOc1ccc(C(Cl)C(=O)OCC)cc1. The number of aryl methyl sites for hydroxylation is 1. The van der Waals surface area contributed by atoms with E-state index >= 15 is 0 Å². The van der Waals surface area contributed by atoms with Crippen LogP contribution in [0.1, 0.15) is 49.6 Å². The quantitative estimate of drug-likeness (QED) is 0.126. The zero-order valence-electron chi connectivity index (χ0n) is 20.7. The van der Waals surface area contributed by atoms with Gasteiger partial charge in [0, 0.05) is 0 Å². The maximum Gasteiger partial charge on any atom is 0.328 e. The Morgan fingerprint density at radius 2 is 1.50 bits per heavy atom. The van der Waals surface area contributed by atoms with Crippen LogP contribution in [0.15, 0.2) is 66.7 Å². The molecule has 0 saturated carbocycles. The standard InChI is InChI=1S/C29H32ClFO5/c1-3-7-22-20-26(36-25-14-10-23(31)11-15-25)16-17-27(22)35-19-6-5-18-34-24-12-8-21(9-13-24)28(30)29(32)33-4-2/h8-17,20,28H,3-7,18-19H2,1-2H3. The Morgan fingerprint density at radius 3 is 2.17 bits per heavy atom. The molecule has 5 nitrogen and oxygen atoms in total. The Balaban J connectivity index is 1.42. The summed E-state index contributed by atoms with van der Waals surface area (Å²) in [5.41, 5.74) is 1.75. The lowest BCUT2D eigenvalue weighted by Crippen LogP contribution is -2.11. The predicted molar refractivity (Wildman–Crippen MR) is 139 cm³/mol. The van der Waals surface area contributed by atoms with Gasteiger partial charge in [-0.3, -0.25) is 4.79 Å². The van der Waals surface area contributed by atoms with Crippen molar-refractivity contribution >= 4 is 17.6 Å². The van der Waals surface area contributed by atoms with E-state index in [-0.39, 0.29) is 5.82 Å². The van der Waals surface area contributed by atoms with Gasteiger partial charge < -0.3 is 18.9 Å². The summed E-state index contributed by atoms with van der Waals surface area (Å²) < 4.78 is 35.7. The topological polar surface area (TPSA) is 54.0 Å². The van der Waals surface area contributed by atoms with Crippen molar-refractivity contribution in [2.24, 2.45) is 0 Å². The molecule has 0 saturated heterocycles. The molecule has 3 aromatic rings. The molecular formula is C29H32ClFO5. The van der Waals surface area contributed by atoms with Gasteiger partial charge in [-0.2, -0.15) is 0 Å². The van der Waals surface area contributed by atoms with Crippen LogP contribution < -0.4 is 14.2 Å². The van der Waals surface area contributed by atoms with Crippen molar-refractivity contribution < 1.29 is 28.1 Å². The molecule has 36 heavy (non-hydrogen) atoms. The highest BCUT2D eigenvalue weighted by Crippen LogP contribution is 2.29. The lowest BCUT2D eigenvalue weighted by Gasteiger charge is -2.14. The first-order chi connectivity index (χ1) is 17.5. The number of esters is 1. The first kappa shape index (κ1) is 27.3. The first-order valence-electron chi connectivity index (χ1n) is 12.2. The summed E-state index contributed by atoms with van der Waals surface area (Å²) in [6.45, 7) is 5.29. The van der Waals surface area contributed by atoms with E-state index in [2.05, 4.69) is 6.92 Å². The van der Waals surface area contributed by atoms with Crippen molar-refractivity contribution in [1.29, 1.82) is 0 Å². The molecule has 7 heteroatoms. The van der Waals surface area contributed by atoms with Crippen LogP contribution in [0, 0.1) is 5.82 Å². The average Bonchev–Trinajstić information content (AvgIpc) is 2.89. The number of alkyl halides is 1. The lowest BCUT2D eigenvalue weighted by molar-refractivity contribution is -0.142. The number of ether oxygens (including phenoxy) is 4. The van der Waals surface area contributed by atoms with Crippen LogP contribution in [0.4, 0.5) is 4.39 Å². The van der Waals surface area contributed by atoms with E-state index in [0.717, 1.165) is 42.7 Å². The van der Waals surface area contributed by atoms with Crippen molar-refractivity contribution in [2.45, 2.75) is 44.9 Å². The van der Waals surface area contributed by atoms with Gasteiger partial charge in [-0.25, -0.2) is 4.39 Å². The van der Waals surface area contributed by atoms with E-state index in [1.807, 2.05) is 18.2 Å². The largest absolute Gasteiger partial charge is 0.494 e. The second-order valence-corrected chi connectivity index (χ2v) is 8.60. The number of carbonyl (C=O) groups is 1. The third-order valence-electron chi connectivity index (χ3n) is 5.33. The third-order valence-corrected chi connectivity index (χ3v) is 5.76. The minimum absolute atomic E-state index is 0.295. The predicted octanol–water partition coefficient (Wildman–Crippen LogP) is 7.65. The fourth-order valence-electron chi connectivity index (χ4n) is 3.52. The molecule has 0 aliphatic heterocycles. The highest BCUT2D eigenvalue weighted by atomic mass is 35.5. The number of rotatable bonds is 14. The smallest absolute Gasteiger partial charge is 0.328 e. The Bertz CT molecular complexity index is 1090. The number of hydrogen-bond donors (Lipinski definition) is 0. The molecule has 0 heterocycles. The molecule has 3 aromatic carbocycles.